The number of hydrogen-bond acceptors (Lipinski definition) is 7. The lowest BCUT2D eigenvalue weighted by Crippen LogP contribution is -2.46. The van der Waals surface area contributed by atoms with Gasteiger partial charge in [-0.25, -0.2) is 13.2 Å². The van der Waals surface area contributed by atoms with Crippen LogP contribution in [0.25, 0.3) is 28.0 Å². The van der Waals surface area contributed by atoms with Crippen LogP contribution in [0.1, 0.15) is 24.0 Å². The van der Waals surface area contributed by atoms with Gasteiger partial charge in [0, 0.05) is 36.4 Å². The van der Waals surface area contributed by atoms with Gasteiger partial charge in [0.05, 0.1) is 17.7 Å². The molecule has 3 aromatic carbocycles. The van der Waals surface area contributed by atoms with E-state index in [-0.39, 0.29) is 10.9 Å². The van der Waals surface area contributed by atoms with Crippen LogP contribution in [0.15, 0.2) is 94.7 Å². The molecule has 1 aliphatic heterocycles. The minimum atomic E-state index is -3.81. The fourth-order valence-electron chi connectivity index (χ4n) is 5.71. The molecule has 4 N–H and O–H groups in total. The van der Waals surface area contributed by atoms with Gasteiger partial charge in [-0.1, -0.05) is 36.4 Å². The number of aromatic nitrogens is 3. The predicted octanol–water partition coefficient (Wildman–Crippen LogP) is 3.83. The number of fused-ring (bicyclic) bond motifs is 1. The van der Waals surface area contributed by atoms with Crippen LogP contribution in [0.5, 0.6) is 5.75 Å². The zero-order valence-electron chi connectivity index (χ0n) is 24.6. The summed E-state index contributed by atoms with van der Waals surface area (Å²) in [5.41, 5.74) is 9.79. The second-order valence-corrected chi connectivity index (χ2v) is 12.9. The van der Waals surface area contributed by atoms with Gasteiger partial charge in [0.25, 0.3) is 0 Å². The molecule has 0 atom stereocenters. The molecule has 0 radical (unpaired) electrons. The van der Waals surface area contributed by atoms with Gasteiger partial charge in [0.1, 0.15) is 11.4 Å². The van der Waals surface area contributed by atoms with Crippen molar-refractivity contribution in [1.82, 2.24) is 24.2 Å². The second kappa shape index (κ2) is 12.7. The highest BCUT2D eigenvalue weighted by atomic mass is 32.2. The first-order chi connectivity index (χ1) is 21.4. The molecule has 0 spiro atoms. The number of benzene rings is 3. The molecule has 5 aromatic rings. The van der Waals surface area contributed by atoms with Gasteiger partial charge in [-0.3, -0.25) is 4.57 Å². The third-order valence-corrected chi connectivity index (χ3v) is 10.2. The van der Waals surface area contributed by atoms with E-state index in [9.17, 15) is 13.2 Å². The van der Waals surface area contributed by atoms with Crippen molar-refractivity contribution in [3.05, 3.63) is 107 Å². The molecular formula is C33H36N6O4S. The van der Waals surface area contributed by atoms with Crippen LogP contribution in [-0.4, -0.2) is 60.0 Å². The number of sulfonamides is 1. The average Bonchev–Trinajstić information content (AvgIpc) is 3.48. The van der Waals surface area contributed by atoms with E-state index < -0.39 is 15.7 Å². The molecule has 1 aliphatic rings. The van der Waals surface area contributed by atoms with Crippen LogP contribution >= 0.6 is 0 Å². The van der Waals surface area contributed by atoms with E-state index in [1.807, 2.05) is 60.7 Å². The third kappa shape index (κ3) is 6.18. The maximum atomic E-state index is 14.2. The summed E-state index contributed by atoms with van der Waals surface area (Å²) >= 11 is 0. The van der Waals surface area contributed by atoms with Crippen LogP contribution in [-0.2, 0) is 23.0 Å². The number of methoxy groups -OCH3 is 1. The summed E-state index contributed by atoms with van der Waals surface area (Å²) in [5, 5.41) is 4.07. The van der Waals surface area contributed by atoms with Crippen molar-refractivity contribution in [3.8, 4) is 22.7 Å². The molecule has 0 bridgehead atoms. The summed E-state index contributed by atoms with van der Waals surface area (Å²) in [5.74, 6) is 0.767. The highest BCUT2D eigenvalue weighted by molar-refractivity contribution is 7.89. The Balaban J connectivity index is 1.30. The highest BCUT2D eigenvalue weighted by Crippen LogP contribution is 2.29. The summed E-state index contributed by atoms with van der Waals surface area (Å²) in [6.07, 6.45) is 3.83. The molecule has 0 unspecified atom stereocenters. The van der Waals surface area contributed by atoms with Crippen LogP contribution in [0.3, 0.4) is 0 Å². The van der Waals surface area contributed by atoms with Crippen LogP contribution in [0, 0.1) is 0 Å². The summed E-state index contributed by atoms with van der Waals surface area (Å²) in [4.78, 5) is 20.5. The Kier molecular flexibility index (Phi) is 8.62. The first-order valence-corrected chi connectivity index (χ1v) is 16.2. The molecule has 1 fully saturated rings. The molecule has 11 heteroatoms. The number of H-pyrrole nitrogens is 1. The largest absolute Gasteiger partial charge is 0.497 e. The minimum Gasteiger partial charge on any atom is -0.497 e. The summed E-state index contributed by atoms with van der Waals surface area (Å²) in [7, 11) is -2.19. The van der Waals surface area contributed by atoms with Crippen molar-refractivity contribution >= 4 is 21.1 Å². The molecule has 0 aliphatic carbocycles. The Morgan fingerprint density at radius 2 is 1.73 bits per heavy atom. The Labute approximate surface area is 256 Å². The fraction of sp³-hybridized carbons (Fsp3) is 0.273. The zero-order valence-corrected chi connectivity index (χ0v) is 25.4. The van der Waals surface area contributed by atoms with Crippen molar-refractivity contribution in [2.75, 3.05) is 26.7 Å². The number of piperidine rings is 1. The average molecular weight is 613 g/mol. The predicted molar refractivity (Wildman–Crippen MR) is 171 cm³/mol. The molecule has 44 heavy (non-hydrogen) atoms. The number of aromatic amines is 1. The number of nitrogens with one attached hydrogen (secondary N) is 2. The molecule has 10 nitrogen and oxygen atoms in total. The summed E-state index contributed by atoms with van der Waals surface area (Å²) in [6, 6.07) is 23.9. The van der Waals surface area contributed by atoms with E-state index in [1.54, 1.807) is 35.8 Å². The number of rotatable bonds is 10. The molecule has 228 valence electrons. The van der Waals surface area contributed by atoms with Crippen LogP contribution in [0.4, 0.5) is 0 Å². The lowest BCUT2D eigenvalue weighted by Gasteiger charge is -2.34. The van der Waals surface area contributed by atoms with E-state index in [4.69, 9.17) is 10.5 Å². The van der Waals surface area contributed by atoms with E-state index in [0.717, 1.165) is 48.2 Å². The van der Waals surface area contributed by atoms with Gasteiger partial charge in [0.15, 0.2) is 0 Å². The quantitative estimate of drug-likeness (QED) is 0.218. The molecule has 2 aromatic heterocycles. The number of hydrogen-bond donors (Lipinski definition) is 3. The Hall–Kier alpha value is -4.29. The van der Waals surface area contributed by atoms with Crippen molar-refractivity contribution in [3.63, 3.8) is 0 Å². The van der Waals surface area contributed by atoms with Crippen molar-refractivity contribution < 1.29 is 13.2 Å². The smallest absolute Gasteiger partial charge is 0.354 e. The van der Waals surface area contributed by atoms with Gasteiger partial charge in [-0.2, -0.15) is 9.29 Å². The highest BCUT2D eigenvalue weighted by Gasteiger charge is 2.32. The maximum absolute atomic E-state index is 14.2. The fourth-order valence-corrected chi connectivity index (χ4v) is 7.44. The van der Waals surface area contributed by atoms with E-state index >= 15 is 0 Å². The number of ether oxygens (including phenoxy) is 1. The van der Waals surface area contributed by atoms with Crippen molar-refractivity contribution in [2.45, 2.75) is 36.7 Å². The summed E-state index contributed by atoms with van der Waals surface area (Å²) < 4.78 is 36.9. The Morgan fingerprint density at radius 3 is 2.43 bits per heavy atom. The normalized spacial score (nSPS) is 14.3. The van der Waals surface area contributed by atoms with Gasteiger partial charge >= 0.3 is 5.69 Å². The molecule has 6 rings (SSSR count). The maximum Gasteiger partial charge on any atom is 0.354 e. The summed E-state index contributed by atoms with van der Waals surface area (Å²) in [6.45, 7) is 2.35. The van der Waals surface area contributed by atoms with Gasteiger partial charge in [-0.15, -0.1) is 0 Å². The monoisotopic (exact) mass is 612 g/mol. The van der Waals surface area contributed by atoms with Crippen molar-refractivity contribution in [1.29, 1.82) is 0 Å². The number of nitrogens with two attached hydrogens (primary N) is 1. The second-order valence-electron chi connectivity index (χ2n) is 11.0. The number of nitrogens with zero attached hydrogens (tertiary/aromatic N) is 3. The molecule has 3 heterocycles. The lowest BCUT2D eigenvalue weighted by atomic mass is 10.1. The molecule has 1 saturated heterocycles. The zero-order chi connectivity index (χ0) is 30.7. The SMILES string of the molecule is COc1ccc(CCN(C2CCNCC2)S(=O)(=O)c2cccc(-c3cc4cn(-c5ccc(CN)cc5)c(=O)nc4[nH]3)c2)cc1. The van der Waals surface area contributed by atoms with Gasteiger partial charge < -0.3 is 20.8 Å². The Morgan fingerprint density at radius 1 is 1.00 bits per heavy atom. The first-order valence-electron chi connectivity index (χ1n) is 14.7. The van der Waals surface area contributed by atoms with Crippen molar-refractivity contribution in [2.24, 2.45) is 5.73 Å². The first kappa shape index (κ1) is 29.8. The minimum absolute atomic E-state index is 0.0923. The standard InChI is InChI=1S/C33H36N6O4S/c1-43-29-11-7-23(8-12-29)15-18-39(28-13-16-35-17-14-28)44(41,42)30-4-2-3-25(19-30)31-20-26-22-38(33(40)37-32(26)36-31)27-9-5-24(21-34)6-10-27/h2-12,19-20,22,28,35H,13-18,21,34H2,1H3,(H,36,37,40). The molecular weight excluding hydrogens is 576 g/mol. The van der Waals surface area contributed by atoms with E-state index in [1.165, 1.54) is 4.57 Å². The third-order valence-electron chi connectivity index (χ3n) is 8.21. The van der Waals surface area contributed by atoms with Crippen LogP contribution in [0.2, 0.25) is 0 Å². The van der Waals surface area contributed by atoms with E-state index in [2.05, 4.69) is 15.3 Å². The van der Waals surface area contributed by atoms with E-state index in [0.29, 0.717) is 42.1 Å². The molecule has 0 amide bonds. The topological polar surface area (TPSA) is 135 Å². The van der Waals surface area contributed by atoms with Crippen LogP contribution < -0.4 is 21.5 Å². The molecule has 0 saturated carbocycles. The van der Waals surface area contributed by atoms with Gasteiger partial charge in [0.2, 0.25) is 10.0 Å². The lowest BCUT2D eigenvalue weighted by molar-refractivity contribution is 0.264. The Bertz CT molecular complexity index is 1910. The van der Waals surface area contributed by atoms with Gasteiger partial charge in [-0.05, 0) is 91.5 Å².